The minimum absolute atomic E-state index is 0.146. The molecule has 4 nitrogen and oxygen atoms in total. The van der Waals surface area contributed by atoms with E-state index in [1.807, 2.05) is 30.3 Å². The summed E-state index contributed by atoms with van der Waals surface area (Å²) in [5.74, 6) is -0.415. The van der Waals surface area contributed by atoms with E-state index < -0.39 is 29.7 Å². The van der Waals surface area contributed by atoms with Crippen molar-refractivity contribution in [2.45, 2.75) is 18.4 Å². The van der Waals surface area contributed by atoms with E-state index in [0.717, 1.165) is 5.69 Å². The molecule has 32 heavy (non-hydrogen) atoms. The molecule has 10 heteroatoms. The second-order valence-corrected chi connectivity index (χ2v) is 8.17. The Morgan fingerprint density at radius 3 is 2.22 bits per heavy atom. The molecule has 0 amide bonds. The van der Waals surface area contributed by atoms with E-state index in [4.69, 9.17) is 39.5 Å². The predicted octanol–water partition coefficient (Wildman–Crippen LogP) is 6.81. The van der Waals surface area contributed by atoms with Crippen LogP contribution in [0.1, 0.15) is 5.56 Å². The van der Waals surface area contributed by atoms with Gasteiger partial charge in [0.15, 0.2) is 5.75 Å². The maximum atomic E-state index is 15.1. The zero-order chi connectivity index (χ0) is 23.0. The molecule has 1 N–H and O–H groups in total. The Morgan fingerprint density at radius 2 is 1.59 bits per heavy atom. The molecule has 166 valence electrons. The summed E-state index contributed by atoms with van der Waals surface area (Å²) in [6.07, 6.45) is -5.01. The number of para-hydroxylation sites is 1. The fourth-order valence-electron chi connectivity index (χ4n) is 3.25. The number of ether oxygens (including phenoxy) is 1. The Bertz CT molecular complexity index is 1250. The number of fused-ring (bicyclic) bond motifs is 1. The van der Waals surface area contributed by atoms with Crippen molar-refractivity contribution in [3.05, 3.63) is 87.5 Å². The van der Waals surface area contributed by atoms with Gasteiger partial charge in [0.1, 0.15) is 0 Å². The third kappa shape index (κ3) is 4.01. The van der Waals surface area contributed by atoms with E-state index in [9.17, 15) is 13.9 Å². The maximum absolute atomic E-state index is 15.1. The third-order valence-corrected chi connectivity index (χ3v) is 5.67. The highest BCUT2D eigenvalue weighted by Crippen LogP contribution is 2.41. The SMILES string of the molecule is OC(c1ccc2c(cnn2-c2ccccc2)c1)(C(F)F)C(F)Oc1c(Cl)cc(Cl)cc1Cl. The summed E-state index contributed by atoms with van der Waals surface area (Å²) in [5, 5.41) is 15.1. The molecule has 2 atom stereocenters. The normalized spacial score (nSPS) is 14.5. The minimum Gasteiger partial charge on any atom is -0.453 e. The number of rotatable bonds is 6. The number of halogens is 6. The predicted molar refractivity (Wildman–Crippen MR) is 118 cm³/mol. The molecule has 0 fully saturated rings. The van der Waals surface area contributed by atoms with E-state index in [-0.39, 0.29) is 15.1 Å². The molecule has 0 spiro atoms. The van der Waals surface area contributed by atoms with Gasteiger partial charge in [-0.3, -0.25) is 0 Å². The number of alkyl halides is 3. The molecule has 0 radical (unpaired) electrons. The summed E-state index contributed by atoms with van der Waals surface area (Å²) in [7, 11) is 0. The van der Waals surface area contributed by atoms with E-state index in [0.29, 0.717) is 10.9 Å². The molecule has 0 aliphatic rings. The lowest BCUT2D eigenvalue weighted by Crippen LogP contribution is -2.46. The Morgan fingerprint density at radius 1 is 0.938 bits per heavy atom. The average Bonchev–Trinajstić information content (AvgIpc) is 3.19. The molecule has 0 bridgehead atoms. The lowest BCUT2D eigenvalue weighted by molar-refractivity contribution is -0.200. The van der Waals surface area contributed by atoms with Crippen molar-refractivity contribution in [1.82, 2.24) is 9.78 Å². The monoisotopic (exact) mass is 500 g/mol. The second kappa shape index (κ2) is 8.83. The first-order valence-electron chi connectivity index (χ1n) is 9.21. The largest absolute Gasteiger partial charge is 0.453 e. The molecule has 0 saturated heterocycles. The van der Waals surface area contributed by atoms with Crippen LogP contribution < -0.4 is 4.74 Å². The summed E-state index contributed by atoms with van der Waals surface area (Å²) in [4.78, 5) is 0. The molecule has 1 heterocycles. The van der Waals surface area contributed by atoms with Crippen LogP contribution in [0.25, 0.3) is 16.6 Å². The van der Waals surface area contributed by atoms with Gasteiger partial charge in [0.2, 0.25) is 5.60 Å². The highest BCUT2D eigenvalue weighted by Gasteiger charge is 2.50. The van der Waals surface area contributed by atoms with Crippen LogP contribution in [-0.4, -0.2) is 27.7 Å². The Kier molecular flexibility index (Phi) is 6.27. The van der Waals surface area contributed by atoms with E-state index in [1.54, 1.807) is 4.68 Å². The topological polar surface area (TPSA) is 47.3 Å². The highest BCUT2D eigenvalue weighted by atomic mass is 35.5. The van der Waals surface area contributed by atoms with Crippen LogP contribution in [-0.2, 0) is 5.60 Å². The zero-order valence-corrected chi connectivity index (χ0v) is 18.3. The number of aromatic nitrogens is 2. The Hall–Kier alpha value is -2.45. The molecule has 0 aliphatic carbocycles. The van der Waals surface area contributed by atoms with Gasteiger partial charge >= 0.3 is 0 Å². The summed E-state index contributed by atoms with van der Waals surface area (Å²) in [5.41, 5.74) is -2.38. The van der Waals surface area contributed by atoms with Crippen LogP contribution in [0.2, 0.25) is 15.1 Å². The fraction of sp³-hybridized carbons (Fsp3) is 0.136. The maximum Gasteiger partial charge on any atom is 0.277 e. The Labute approximate surface area is 195 Å². The summed E-state index contributed by atoms with van der Waals surface area (Å²) in [6, 6.07) is 15.4. The highest BCUT2D eigenvalue weighted by molar-refractivity contribution is 6.40. The van der Waals surface area contributed by atoms with Crippen LogP contribution in [0, 0.1) is 0 Å². The van der Waals surface area contributed by atoms with Gasteiger partial charge in [-0.25, -0.2) is 13.5 Å². The van der Waals surface area contributed by atoms with Gasteiger partial charge in [0, 0.05) is 10.4 Å². The van der Waals surface area contributed by atoms with Crippen LogP contribution in [0.4, 0.5) is 13.2 Å². The lowest BCUT2D eigenvalue weighted by Gasteiger charge is -2.31. The quantitative estimate of drug-likeness (QED) is 0.316. The smallest absolute Gasteiger partial charge is 0.277 e. The standard InChI is InChI=1S/C22H14Cl3F3N2O2/c23-14-9-16(24)19(17(25)10-14)32-21(28)22(31,20(26)27)13-6-7-18-12(8-13)11-29-30(18)15-4-2-1-3-5-15/h1-11,20-21,31H. The van der Waals surface area contributed by atoms with Gasteiger partial charge in [0.05, 0.1) is 27.4 Å². The van der Waals surface area contributed by atoms with Gasteiger partial charge < -0.3 is 9.84 Å². The number of nitrogens with zero attached hydrogens (tertiary/aromatic N) is 2. The summed E-state index contributed by atoms with van der Waals surface area (Å²) >= 11 is 17.7. The van der Waals surface area contributed by atoms with E-state index in [1.165, 1.54) is 36.5 Å². The molecular weight excluding hydrogens is 488 g/mol. The number of hydrogen-bond donors (Lipinski definition) is 1. The van der Waals surface area contributed by atoms with Gasteiger partial charge in [-0.1, -0.05) is 59.1 Å². The van der Waals surface area contributed by atoms with Crippen LogP contribution in [0.15, 0.2) is 66.9 Å². The first kappa shape index (κ1) is 22.7. The van der Waals surface area contributed by atoms with Crippen molar-refractivity contribution in [2.24, 2.45) is 0 Å². The zero-order valence-electron chi connectivity index (χ0n) is 16.0. The van der Waals surface area contributed by atoms with E-state index >= 15 is 4.39 Å². The first-order valence-corrected chi connectivity index (χ1v) is 10.3. The average molecular weight is 502 g/mol. The second-order valence-electron chi connectivity index (χ2n) is 6.92. The molecule has 4 rings (SSSR count). The van der Waals surface area contributed by atoms with Crippen molar-refractivity contribution in [3.63, 3.8) is 0 Å². The molecule has 1 aromatic heterocycles. The van der Waals surface area contributed by atoms with Crippen LogP contribution >= 0.6 is 34.8 Å². The summed E-state index contributed by atoms with van der Waals surface area (Å²) < 4.78 is 49.6. The molecule has 3 aromatic carbocycles. The molecule has 0 aliphatic heterocycles. The van der Waals surface area contributed by atoms with Gasteiger partial charge in [-0.05, 0) is 42.0 Å². The van der Waals surface area contributed by atoms with Crippen molar-refractivity contribution in [2.75, 3.05) is 0 Å². The van der Waals surface area contributed by atoms with Gasteiger partial charge in [-0.15, -0.1) is 0 Å². The van der Waals surface area contributed by atoms with Gasteiger partial charge in [-0.2, -0.15) is 9.49 Å². The lowest BCUT2D eigenvalue weighted by atomic mass is 9.93. The van der Waals surface area contributed by atoms with E-state index in [2.05, 4.69) is 5.10 Å². The van der Waals surface area contributed by atoms with Crippen molar-refractivity contribution in [1.29, 1.82) is 0 Å². The Balaban J connectivity index is 1.73. The number of hydrogen-bond acceptors (Lipinski definition) is 3. The molecule has 2 unspecified atom stereocenters. The van der Waals surface area contributed by atoms with Crippen molar-refractivity contribution >= 4 is 45.7 Å². The number of benzene rings is 3. The van der Waals surface area contributed by atoms with Crippen LogP contribution in [0.3, 0.4) is 0 Å². The van der Waals surface area contributed by atoms with Crippen molar-refractivity contribution < 1.29 is 23.0 Å². The summed E-state index contributed by atoms with van der Waals surface area (Å²) in [6.45, 7) is 0. The molecular formula is C22H14Cl3F3N2O2. The van der Waals surface area contributed by atoms with Crippen LogP contribution in [0.5, 0.6) is 5.75 Å². The first-order chi connectivity index (χ1) is 15.2. The minimum atomic E-state index is -3.54. The molecule has 0 saturated carbocycles. The van der Waals surface area contributed by atoms with Crippen molar-refractivity contribution in [3.8, 4) is 11.4 Å². The molecule has 4 aromatic rings. The third-order valence-electron chi connectivity index (χ3n) is 4.89. The van der Waals surface area contributed by atoms with Gasteiger partial charge in [0.25, 0.3) is 12.8 Å². The number of aliphatic hydroxyl groups is 1. The fourth-order valence-corrected chi connectivity index (χ4v) is 4.15.